The summed E-state index contributed by atoms with van der Waals surface area (Å²) < 4.78 is 1.94. The monoisotopic (exact) mass is 436 g/mol. The zero-order chi connectivity index (χ0) is 22.0. The summed E-state index contributed by atoms with van der Waals surface area (Å²) in [5.74, 6) is 0.597. The number of fused-ring (bicyclic) bond motifs is 1. The normalized spacial score (nSPS) is 16.4. The topological polar surface area (TPSA) is 90.1 Å². The van der Waals surface area contributed by atoms with E-state index in [-0.39, 0.29) is 22.9 Å². The van der Waals surface area contributed by atoms with Crippen molar-refractivity contribution in [2.24, 2.45) is 0 Å². The van der Waals surface area contributed by atoms with E-state index in [4.69, 9.17) is 0 Å². The number of thioether (sulfide) groups is 1. The molecule has 31 heavy (non-hydrogen) atoms. The number of carbonyl (C=O) groups is 1. The molecule has 3 aromatic rings. The number of carbonyl (C=O) groups excluding carboxylic acids is 1. The van der Waals surface area contributed by atoms with Crippen molar-refractivity contribution < 1.29 is 9.72 Å². The van der Waals surface area contributed by atoms with Gasteiger partial charge in [-0.3, -0.25) is 14.9 Å². The van der Waals surface area contributed by atoms with Crippen LogP contribution in [0.5, 0.6) is 0 Å². The highest BCUT2D eigenvalue weighted by atomic mass is 32.2. The summed E-state index contributed by atoms with van der Waals surface area (Å²) >= 11 is 1.37. The van der Waals surface area contributed by atoms with Crippen molar-refractivity contribution >= 4 is 29.2 Å². The Balaban J connectivity index is 1.50. The lowest BCUT2D eigenvalue weighted by atomic mass is 9.88. The first-order valence-corrected chi connectivity index (χ1v) is 11.2. The molecule has 0 radical (unpaired) electrons. The Hall–Kier alpha value is -3.13. The molecule has 0 saturated heterocycles. The maximum Gasteiger partial charge on any atom is 0.269 e. The number of nitro benzene ring substituents is 1. The maximum atomic E-state index is 12.9. The van der Waals surface area contributed by atoms with E-state index in [0.29, 0.717) is 0 Å². The predicted molar refractivity (Wildman–Crippen MR) is 122 cm³/mol. The number of amides is 1. The average molecular weight is 437 g/mol. The highest BCUT2D eigenvalue weighted by Crippen LogP contribution is 2.35. The minimum atomic E-state index is -0.433. The highest BCUT2D eigenvalue weighted by Gasteiger charge is 2.26. The van der Waals surface area contributed by atoms with Crippen LogP contribution in [-0.4, -0.2) is 25.9 Å². The van der Waals surface area contributed by atoms with E-state index in [1.54, 1.807) is 18.3 Å². The first-order valence-electron chi connectivity index (χ1n) is 10.3. The van der Waals surface area contributed by atoms with Crippen molar-refractivity contribution in [1.29, 1.82) is 0 Å². The van der Waals surface area contributed by atoms with Crippen LogP contribution in [0.1, 0.15) is 42.5 Å². The third-order valence-corrected chi connectivity index (χ3v) is 6.69. The number of benzene rings is 2. The van der Waals surface area contributed by atoms with Gasteiger partial charge in [-0.1, -0.05) is 24.3 Å². The minimum absolute atomic E-state index is 0.0359. The van der Waals surface area contributed by atoms with Gasteiger partial charge in [0.25, 0.3) is 5.69 Å². The fourth-order valence-corrected chi connectivity index (χ4v) is 4.81. The van der Waals surface area contributed by atoms with Crippen molar-refractivity contribution in [3.8, 4) is 0 Å². The molecule has 0 saturated carbocycles. The van der Waals surface area contributed by atoms with Gasteiger partial charge in [-0.2, -0.15) is 5.10 Å². The summed E-state index contributed by atoms with van der Waals surface area (Å²) in [7, 11) is 0. The van der Waals surface area contributed by atoms with Crippen molar-refractivity contribution in [1.82, 2.24) is 9.78 Å². The number of hydrogen-bond donors (Lipinski definition) is 1. The van der Waals surface area contributed by atoms with E-state index in [1.807, 2.05) is 18.5 Å². The summed E-state index contributed by atoms with van der Waals surface area (Å²) in [4.78, 5) is 24.1. The Morgan fingerprint density at radius 2 is 2.00 bits per heavy atom. The molecule has 0 fully saturated rings. The molecule has 1 aromatic heterocycles. The quantitative estimate of drug-likeness (QED) is 0.328. The van der Waals surface area contributed by atoms with E-state index in [9.17, 15) is 14.9 Å². The number of nitrogens with zero attached hydrogens (tertiary/aromatic N) is 3. The SMILES string of the molecule is Cc1cnn(C2CCCc3ccccc32)c1NC(=O)C(C)Sc1ccc([N+](=O)[O-])cc1. The van der Waals surface area contributed by atoms with Gasteiger partial charge in [-0.05, 0) is 56.4 Å². The Morgan fingerprint density at radius 3 is 2.74 bits per heavy atom. The van der Waals surface area contributed by atoms with Gasteiger partial charge in [0, 0.05) is 22.6 Å². The van der Waals surface area contributed by atoms with Crippen molar-refractivity contribution in [2.45, 2.75) is 49.3 Å². The van der Waals surface area contributed by atoms with Crippen LogP contribution in [0.15, 0.2) is 59.6 Å². The van der Waals surface area contributed by atoms with E-state index in [0.717, 1.165) is 35.5 Å². The molecule has 0 aliphatic heterocycles. The van der Waals surface area contributed by atoms with Crippen LogP contribution in [0, 0.1) is 17.0 Å². The highest BCUT2D eigenvalue weighted by molar-refractivity contribution is 8.00. The van der Waals surface area contributed by atoms with E-state index in [2.05, 4.69) is 34.7 Å². The first kappa shape index (κ1) is 21.1. The second kappa shape index (κ2) is 8.93. The van der Waals surface area contributed by atoms with Gasteiger partial charge >= 0.3 is 0 Å². The Bertz CT molecular complexity index is 1110. The van der Waals surface area contributed by atoms with Crippen LogP contribution >= 0.6 is 11.8 Å². The fraction of sp³-hybridized carbons (Fsp3) is 0.304. The summed E-state index contributed by atoms with van der Waals surface area (Å²) in [6.45, 7) is 3.77. The number of hydrogen-bond acceptors (Lipinski definition) is 5. The molecule has 7 nitrogen and oxygen atoms in total. The molecule has 1 heterocycles. The zero-order valence-corrected chi connectivity index (χ0v) is 18.3. The molecule has 160 valence electrons. The van der Waals surface area contributed by atoms with Crippen LogP contribution in [-0.2, 0) is 11.2 Å². The largest absolute Gasteiger partial charge is 0.310 e. The standard InChI is InChI=1S/C23H24N4O3S/c1-15-14-24-26(21-9-5-7-17-6-3-4-8-20(17)21)22(15)25-23(28)16(2)31-19-12-10-18(11-13-19)27(29)30/h3-4,6,8,10-14,16,21H,5,7,9H2,1-2H3,(H,25,28). The summed E-state index contributed by atoms with van der Waals surface area (Å²) in [6.07, 6.45) is 4.92. The van der Waals surface area contributed by atoms with Gasteiger partial charge in [0.15, 0.2) is 0 Å². The van der Waals surface area contributed by atoms with E-state index >= 15 is 0 Å². The molecular formula is C23H24N4O3S. The molecular weight excluding hydrogens is 412 g/mol. The fourth-order valence-electron chi connectivity index (χ4n) is 3.95. The first-order chi connectivity index (χ1) is 14.9. The van der Waals surface area contributed by atoms with Crippen molar-refractivity contribution in [3.63, 3.8) is 0 Å². The molecule has 1 amide bonds. The van der Waals surface area contributed by atoms with E-state index in [1.165, 1.54) is 35.0 Å². The second-order valence-electron chi connectivity index (χ2n) is 7.73. The minimum Gasteiger partial charge on any atom is -0.310 e. The number of aromatic nitrogens is 2. The van der Waals surface area contributed by atoms with Crippen molar-refractivity contribution in [2.75, 3.05) is 5.32 Å². The number of anilines is 1. The molecule has 0 bridgehead atoms. The molecule has 0 spiro atoms. The molecule has 2 unspecified atom stereocenters. The molecule has 1 aliphatic rings. The molecule has 8 heteroatoms. The maximum absolute atomic E-state index is 12.9. The van der Waals surface area contributed by atoms with Gasteiger partial charge in [-0.15, -0.1) is 11.8 Å². The molecule has 1 aliphatic carbocycles. The number of aryl methyl sites for hydroxylation is 2. The number of nitro groups is 1. The summed E-state index contributed by atoms with van der Waals surface area (Å²) in [5.41, 5.74) is 3.56. The van der Waals surface area contributed by atoms with Gasteiger partial charge in [0.05, 0.1) is 22.4 Å². The Labute approximate surface area is 185 Å². The Kier molecular flexibility index (Phi) is 6.08. The summed E-state index contributed by atoms with van der Waals surface area (Å²) in [6, 6.07) is 14.8. The third kappa shape index (κ3) is 4.49. The lowest BCUT2D eigenvalue weighted by Crippen LogP contribution is -2.27. The smallest absolute Gasteiger partial charge is 0.269 e. The lowest BCUT2D eigenvalue weighted by Gasteiger charge is -2.27. The zero-order valence-electron chi connectivity index (χ0n) is 17.4. The van der Waals surface area contributed by atoms with Crippen LogP contribution in [0.2, 0.25) is 0 Å². The molecule has 1 N–H and O–H groups in total. The van der Waals surface area contributed by atoms with Gasteiger partial charge in [0.2, 0.25) is 5.91 Å². The number of rotatable bonds is 6. The molecule has 4 rings (SSSR count). The lowest BCUT2D eigenvalue weighted by molar-refractivity contribution is -0.384. The number of nitrogens with one attached hydrogen (secondary N) is 1. The van der Waals surface area contributed by atoms with Crippen LogP contribution in [0.3, 0.4) is 0 Å². The number of non-ortho nitro benzene ring substituents is 1. The van der Waals surface area contributed by atoms with Crippen LogP contribution in [0.25, 0.3) is 0 Å². The van der Waals surface area contributed by atoms with Gasteiger partial charge in [0.1, 0.15) is 5.82 Å². The van der Waals surface area contributed by atoms with Crippen LogP contribution < -0.4 is 5.32 Å². The summed E-state index contributed by atoms with van der Waals surface area (Å²) in [5, 5.41) is 18.1. The van der Waals surface area contributed by atoms with E-state index < -0.39 is 4.92 Å². The van der Waals surface area contributed by atoms with Gasteiger partial charge < -0.3 is 5.32 Å². The van der Waals surface area contributed by atoms with Gasteiger partial charge in [-0.25, -0.2) is 4.68 Å². The molecule has 2 aromatic carbocycles. The van der Waals surface area contributed by atoms with Crippen LogP contribution in [0.4, 0.5) is 11.5 Å². The third-order valence-electron chi connectivity index (χ3n) is 5.58. The second-order valence-corrected chi connectivity index (χ2v) is 9.14. The Morgan fingerprint density at radius 1 is 1.26 bits per heavy atom. The predicted octanol–water partition coefficient (Wildman–Crippen LogP) is 5.14. The average Bonchev–Trinajstić information content (AvgIpc) is 3.13. The molecule has 2 atom stereocenters. The van der Waals surface area contributed by atoms with Crippen molar-refractivity contribution in [3.05, 3.63) is 81.5 Å².